The maximum Gasteiger partial charge on any atom is 0.00388 e. The molecule has 0 saturated heterocycles. The predicted molar refractivity (Wildman–Crippen MR) is 72.7 cm³/mol. The topological polar surface area (TPSA) is 12.0 Å². The summed E-state index contributed by atoms with van der Waals surface area (Å²) in [7, 11) is 0. The van der Waals surface area contributed by atoms with E-state index in [2.05, 4.69) is 33.0 Å². The smallest absolute Gasteiger partial charge is 0.00388 e. The molecule has 1 rings (SSSR count). The highest BCUT2D eigenvalue weighted by molar-refractivity contribution is 4.88. The van der Waals surface area contributed by atoms with Crippen LogP contribution in [0, 0.1) is 11.3 Å². The Bertz CT molecular complexity index is 180. The zero-order valence-electron chi connectivity index (χ0n) is 11.8. The Morgan fingerprint density at radius 3 is 2.25 bits per heavy atom. The molecule has 0 amide bonds. The molecule has 1 atom stereocenters. The van der Waals surface area contributed by atoms with E-state index in [4.69, 9.17) is 0 Å². The highest BCUT2D eigenvalue weighted by Gasteiger charge is 2.34. The first-order chi connectivity index (χ1) is 7.58. The van der Waals surface area contributed by atoms with Crippen LogP contribution in [-0.4, -0.2) is 12.6 Å². The van der Waals surface area contributed by atoms with Crippen LogP contribution in [0.5, 0.6) is 0 Å². The minimum atomic E-state index is 0.635. The van der Waals surface area contributed by atoms with E-state index < -0.39 is 0 Å². The fraction of sp³-hybridized carbons (Fsp3) is 1.00. The number of hydrogen-bond acceptors (Lipinski definition) is 1. The van der Waals surface area contributed by atoms with E-state index in [0.29, 0.717) is 11.5 Å². The van der Waals surface area contributed by atoms with E-state index in [-0.39, 0.29) is 0 Å². The summed E-state index contributed by atoms with van der Waals surface area (Å²) < 4.78 is 0. The number of hydrogen-bond donors (Lipinski definition) is 1. The molecule has 0 aromatic rings. The third kappa shape index (κ3) is 4.45. The van der Waals surface area contributed by atoms with Gasteiger partial charge in [0.05, 0.1) is 0 Å². The van der Waals surface area contributed by atoms with Gasteiger partial charge in [-0.3, -0.25) is 0 Å². The highest BCUT2D eigenvalue weighted by atomic mass is 14.9. The molecule has 0 bridgehead atoms. The van der Waals surface area contributed by atoms with Gasteiger partial charge in [-0.05, 0) is 43.9 Å². The van der Waals surface area contributed by atoms with Crippen molar-refractivity contribution in [2.75, 3.05) is 6.54 Å². The number of nitrogens with one attached hydrogen (secondary N) is 1. The van der Waals surface area contributed by atoms with Gasteiger partial charge in [0.1, 0.15) is 0 Å². The van der Waals surface area contributed by atoms with Crippen LogP contribution in [0.1, 0.15) is 72.6 Å². The molecule has 1 N–H and O–H groups in total. The standard InChI is InChI=1S/C15H31N/c1-5-8-14(4)16-12-15(11-13(2)3)9-6-7-10-15/h13-14,16H,5-12H2,1-4H3. The summed E-state index contributed by atoms with van der Waals surface area (Å²) >= 11 is 0. The van der Waals surface area contributed by atoms with Gasteiger partial charge in [-0.1, -0.05) is 40.0 Å². The average molecular weight is 225 g/mol. The monoisotopic (exact) mass is 225 g/mol. The summed E-state index contributed by atoms with van der Waals surface area (Å²) in [6, 6.07) is 0.703. The summed E-state index contributed by atoms with van der Waals surface area (Å²) in [6.45, 7) is 10.6. The molecule has 1 aliphatic carbocycles. The van der Waals surface area contributed by atoms with Crippen LogP contribution in [0.3, 0.4) is 0 Å². The van der Waals surface area contributed by atoms with Crippen molar-refractivity contribution in [2.24, 2.45) is 11.3 Å². The molecule has 0 aromatic heterocycles. The van der Waals surface area contributed by atoms with Gasteiger partial charge >= 0.3 is 0 Å². The Morgan fingerprint density at radius 1 is 1.12 bits per heavy atom. The van der Waals surface area contributed by atoms with Gasteiger partial charge in [-0.2, -0.15) is 0 Å². The van der Waals surface area contributed by atoms with Gasteiger partial charge in [-0.15, -0.1) is 0 Å². The molecule has 1 aliphatic rings. The van der Waals surface area contributed by atoms with Crippen molar-refractivity contribution in [1.82, 2.24) is 5.32 Å². The first kappa shape index (κ1) is 14.0. The molecule has 0 heterocycles. The van der Waals surface area contributed by atoms with E-state index in [1.165, 1.54) is 51.5 Å². The van der Waals surface area contributed by atoms with Gasteiger partial charge in [0.2, 0.25) is 0 Å². The molecule has 1 unspecified atom stereocenters. The summed E-state index contributed by atoms with van der Waals surface area (Å²) in [6.07, 6.45) is 9.85. The molecule has 0 aliphatic heterocycles. The molecule has 0 aromatic carbocycles. The summed E-state index contributed by atoms with van der Waals surface area (Å²) in [5, 5.41) is 3.77. The van der Waals surface area contributed by atoms with Gasteiger partial charge in [0.25, 0.3) is 0 Å². The molecule has 96 valence electrons. The van der Waals surface area contributed by atoms with Crippen molar-refractivity contribution in [3.8, 4) is 0 Å². The SMILES string of the molecule is CCCC(C)NCC1(CC(C)C)CCCC1. The van der Waals surface area contributed by atoms with Crippen LogP contribution in [0.2, 0.25) is 0 Å². The van der Waals surface area contributed by atoms with E-state index >= 15 is 0 Å². The molecular weight excluding hydrogens is 194 g/mol. The Morgan fingerprint density at radius 2 is 1.75 bits per heavy atom. The fourth-order valence-corrected chi connectivity index (χ4v) is 3.37. The van der Waals surface area contributed by atoms with Crippen molar-refractivity contribution in [3.63, 3.8) is 0 Å². The van der Waals surface area contributed by atoms with Crippen molar-refractivity contribution in [2.45, 2.75) is 78.7 Å². The average Bonchev–Trinajstić information content (AvgIpc) is 2.64. The lowest BCUT2D eigenvalue weighted by atomic mass is 9.78. The van der Waals surface area contributed by atoms with E-state index in [1.54, 1.807) is 0 Å². The molecule has 1 heteroatoms. The lowest BCUT2D eigenvalue weighted by Gasteiger charge is -2.32. The van der Waals surface area contributed by atoms with Gasteiger partial charge < -0.3 is 5.32 Å². The molecular formula is C15H31N. The van der Waals surface area contributed by atoms with Crippen LogP contribution in [0.4, 0.5) is 0 Å². The normalized spacial score (nSPS) is 21.6. The van der Waals surface area contributed by atoms with Crippen molar-refractivity contribution >= 4 is 0 Å². The molecule has 1 fully saturated rings. The maximum atomic E-state index is 3.77. The van der Waals surface area contributed by atoms with Crippen LogP contribution >= 0.6 is 0 Å². The van der Waals surface area contributed by atoms with Gasteiger partial charge in [0.15, 0.2) is 0 Å². The Kier molecular flexibility index (Phi) is 5.82. The summed E-state index contributed by atoms with van der Waals surface area (Å²) in [5.74, 6) is 0.849. The molecule has 16 heavy (non-hydrogen) atoms. The lowest BCUT2D eigenvalue weighted by Crippen LogP contribution is -2.38. The zero-order chi connectivity index (χ0) is 12.0. The Labute approximate surface area is 102 Å². The number of rotatable bonds is 7. The zero-order valence-corrected chi connectivity index (χ0v) is 11.8. The van der Waals surface area contributed by atoms with Gasteiger partial charge in [-0.25, -0.2) is 0 Å². The largest absolute Gasteiger partial charge is 0.314 e. The maximum absolute atomic E-state index is 3.77. The fourth-order valence-electron chi connectivity index (χ4n) is 3.37. The van der Waals surface area contributed by atoms with Crippen molar-refractivity contribution < 1.29 is 0 Å². The van der Waals surface area contributed by atoms with Crippen LogP contribution in [-0.2, 0) is 0 Å². The molecule has 1 nitrogen and oxygen atoms in total. The Balaban J connectivity index is 2.39. The van der Waals surface area contributed by atoms with E-state index in [9.17, 15) is 0 Å². The van der Waals surface area contributed by atoms with Crippen molar-refractivity contribution in [1.29, 1.82) is 0 Å². The van der Waals surface area contributed by atoms with Crippen LogP contribution < -0.4 is 5.32 Å². The molecule has 1 saturated carbocycles. The van der Waals surface area contributed by atoms with E-state index in [1.807, 2.05) is 0 Å². The second-order valence-corrected chi connectivity index (χ2v) is 6.38. The second kappa shape index (κ2) is 6.64. The predicted octanol–water partition coefficient (Wildman–Crippen LogP) is 4.37. The minimum Gasteiger partial charge on any atom is -0.314 e. The van der Waals surface area contributed by atoms with Crippen LogP contribution in [0.25, 0.3) is 0 Å². The van der Waals surface area contributed by atoms with Crippen molar-refractivity contribution in [3.05, 3.63) is 0 Å². The summed E-state index contributed by atoms with van der Waals surface area (Å²) in [5.41, 5.74) is 0.635. The third-order valence-corrected chi connectivity index (χ3v) is 4.05. The summed E-state index contributed by atoms with van der Waals surface area (Å²) in [4.78, 5) is 0. The third-order valence-electron chi connectivity index (χ3n) is 4.05. The molecule has 0 spiro atoms. The molecule has 0 radical (unpaired) electrons. The Hall–Kier alpha value is -0.0400. The van der Waals surface area contributed by atoms with Gasteiger partial charge in [0, 0.05) is 12.6 Å². The first-order valence-electron chi connectivity index (χ1n) is 7.31. The highest BCUT2D eigenvalue weighted by Crippen LogP contribution is 2.42. The van der Waals surface area contributed by atoms with E-state index in [0.717, 1.165) is 5.92 Å². The quantitative estimate of drug-likeness (QED) is 0.678. The van der Waals surface area contributed by atoms with Crippen LogP contribution in [0.15, 0.2) is 0 Å². The first-order valence-corrected chi connectivity index (χ1v) is 7.31. The minimum absolute atomic E-state index is 0.635. The lowest BCUT2D eigenvalue weighted by molar-refractivity contribution is 0.215. The second-order valence-electron chi connectivity index (χ2n) is 6.38.